The van der Waals surface area contributed by atoms with E-state index in [1.165, 1.54) is 30.6 Å². The van der Waals surface area contributed by atoms with Gasteiger partial charge in [0, 0.05) is 11.4 Å². The lowest BCUT2D eigenvalue weighted by Crippen LogP contribution is -2.15. The molecule has 0 radical (unpaired) electrons. The highest BCUT2D eigenvalue weighted by Crippen LogP contribution is 2.28. The molecule has 0 aliphatic heterocycles. The number of thioether (sulfide) groups is 1. The minimum absolute atomic E-state index is 0.107. The van der Waals surface area contributed by atoms with Gasteiger partial charge in [0.1, 0.15) is 5.75 Å². The van der Waals surface area contributed by atoms with Crippen LogP contribution < -0.4 is 10.1 Å². The molecule has 1 heterocycles. The van der Waals surface area contributed by atoms with Crippen molar-refractivity contribution < 1.29 is 9.53 Å². The molecule has 0 unspecified atom stereocenters. The highest BCUT2D eigenvalue weighted by Gasteiger charge is 2.15. The molecule has 0 fully saturated rings. The lowest BCUT2D eigenvalue weighted by atomic mass is 10.2. The number of nitrogens with one attached hydrogen (secondary N) is 1. The Morgan fingerprint density at radius 2 is 2.00 bits per heavy atom. The van der Waals surface area contributed by atoms with Crippen LogP contribution in [-0.4, -0.2) is 23.0 Å². The predicted molar refractivity (Wildman–Crippen MR) is 114 cm³/mol. The van der Waals surface area contributed by atoms with Gasteiger partial charge in [-0.1, -0.05) is 64.8 Å². The van der Waals surface area contributed by atoms with Gasteiger partial charge in [-0.25, -0.2) is 9.97 Å². The molecule has 0 spiro atoms. The van der Waals surface area contributed by atoms with E-state index in [1.807, 2.05) is 25.1 Å². The zero-order chi connectivity index (χ0) is 20.1. The number of methoxy groups -OCH3 is 1. The summed E-state index contributed by atoms with van der Waals surface area (Å²) in [6, 6.07) is 13.1. The van der Waals surface area contributed by atoms with Crippen LogP contribution in [0.4, 0.5) is 5.69 Å². The maximum atomic E-state index is 12.6. The van der Waals surface area contributed by atoms with Crippen molar-refractivity contribution in [1.82, 2.24) is 9.97 Å². The lowest BCUT2D eigenvalue weighted by molar-refractivity contribution is 0.102. The van der Waals surface area contributed by atoms with Crippen LogP contribution >= 0.6 is 35.0 Å². The summed E-state index contributed by atoms with van der Waals surface area (Å²) in [4.78, 5) is 21.1. The summed E-state index contributed by atoms with van der Waals surface area (Å²) in [6.45, 7) is 2.04. The van der Waals surface area contributed by atoms with E-state index in [0.29, 0.717) is 27.4 Å². The average Bonchev–Trinajstić information content (AvgIpc) is 2.67. The van der Waals surface area contributed by atoms with E-state index in [-0.39, 0.29) is 10.7 Å². The first-order valence-electron chi connectivity index (χ1n) is 8.32. The number of nitrogens with zero attached hydrogens (tertiary/aromatic N) is 2. The van der Waals surface area contributed by atoms with Crippen molar-refractivity contribution in [2.24, 2.45) is 0 Å². The number of carbonyl (C=O) groups is 1. The standard InChI is InChI=1S/C20H17Cl2N3O2S/c1-12-4-3-5-13(8-12)11-28-20-23-10-16(22)18(25-20)19(26)24-14-6-7-17(27-2)15(21)9-14/h3-10H,11H2,1-2H3,(H,24,26). The second-order valence-corrected chi connectivity index (χ2v) is 7.69. The quantitative estimate of drug-likeness (QED) is 0.402. The van der Waals surface area contributed by atoms with E-state index in [4.69, 9.17) is 27.9 Å². The number of hydrogen-bond donors (Lipinski definition) is 1. The summed E-state index contributed by atoms with van der Waals surface area (Å²) < 4.78 is 5.11. The number of rotatable bonds is 6. The van der Waals surface area contributed by atoms with Crippen LogP contribution in [0.2, 0.25) is 10.0 Å². The fourth-order valence-electron chi connectivity index (χ4n) is 2.46. The Morgan fingerprint density at radius 3 is 2.71 bits per heavy atom. The topological polar surface area (TPSA) is 64.1 Å². The van der Waals surface area contributed by atoms with Gasteiger partial charge in [0.05, 0.1) is 23.4 Å². The van der Waals surface area contributed by atoms with E-state index >= 15 is 0 Å². The number of aryl methyl sites for hydroxylation is 1. The summed E-state index contributed by atoms with van der Waals surface area (Å²) >= 11 is 13.7. The molecule has 0 bridgehead atoms. The van der Waals surface area contributed by atoms with E-state index in [2.05, 4.69) is 21.4 Å². The Labute approximate surface area is 177 Å². The summed E-state index contributed by atoms with van der Waals surface area (Å²) in [6.07, 6.45) is 1.43. The lowest BCUT2D eigenvalue weighted by Gasteiger charge is -2.09. The minimum atomic E-state index is -0.439. The van der Waals surface area contributed by atoms with Gasteiger partial charge in [0.15, 0.2) is 10.9 Å². The maximum Gasteiger partial charge on any atom is 0.275 e. The molecule has 1 amide bonds. The van der Waals surface area contributed by atoms with Gasteiger partial charge in [-0.2, -0.15) is 0 Å². The molecule has 1 N–H and O–H groups in total. The zero-order valence-electron chi connectivity index (χ0n) is 15.2. The molecule has 3 rings (SSSR count). The molecule has 8 heteroatoms. The smallest absolute Gasteiger partial charge is 0.275 e. The van der Waals surface area contributed by atoms with Crippen molar-refractivity contribution >= 4 is 46.6 Å². The van der Waals surface area contributed by atoms with Gasteiger partial charge in [-0.15, -0.1) is 0 Å². The molecule has 0 saturated carbocycles. The fourth-order valence-corrected chi connectivity index (χ4v) is 3.66. The van der Waals surface area contributed by atoms with Gasteiger partial charge in [0.25, 0.3) is 5.91 Å². The van der Waals surface area contributed by atoms with E-state index in [0.717, 1.165) is 5.56 Å². The number of ether oxygens (including phenoxy) is 1. The van der Waals surface area contributed by atoms with Crippen LogP contribution in [0.5, 0.6) is 5.75 Å². The number of aromatic nitrogens is 2. The summed E-state index contributed by atoms with van der Waals surface area (Å²) in [5.41, 5.74) is 2.96. The monoisotopic (exact) mass is 433 g/mol. The van der Waals surface area contributed by atoms with Crippen molar-refractivity contribution in [3.63, 3.8) is 0 Å². The zero-order valence-corrected chi connectivity index (χ0v) is 17.5. The average molecular weight is 434 g/mol. The maximum absolute atomic E-state index is 12.6. The van der Waals surface area contributed by atoms with Gasteiger partial charge in [-0.3, -0.25) is 4.79 Å². The van der Waals surface area contributed by atoms with E-state index < -0.39 is 5.91 Å². The Kier molecular flexibility index (Phi) is 6.78. The van der Waals surface area contributed by atoms with Crippen LogP contribution in [-0.2, 0) is 5.75 Å². The fraction of sp³-hybridized carbons (Fsp3) is 0.150. The third-order valence-corrected chi connectivity index (χ3v) is 5.30. The van der Waals surface area contributed by atoms with Crippen LogP contribution in [0, 0.1) is 6.92 Å². The van der Waals surface area contributed by atoms with Crippen molar-refractivity contribution in [3.8, 4) is 5.75 Å². The van der Waals surface area contributed by atoms with Crippen LogP contribution in [0.1, 0.15) is 21.6 Å². The molecule has 2 aromatic carbocycles. The molecule has 0 saturated heterocycles. The van der Waals surface area contributed by atoms with Crippen LogP contribution in [0.3, 0.4) is 0 Å². The first-order chi connectivity index (χ1) is 13.5. The highest BCUT2D eigenvalue weighted by molar-refractivity contribution is 7.98. The third kappa shape index (κ3) is 5.16. The molecular formula is C20H17Cl2N3O2S. The van der Waals surface area contributed by atoms with Gasteiger partial charge < -0.3 is 10.1 Å². The molecule has 5 nitrogen and oxygen atoms in total. The molecule has 0 aliphatic rings. The number of halogens is 2. The molecule has 144 valence electrons. The Bertz CT molecular complexity index is 1010. The molecule has 0 aliphatic carbocycles. The molecule has 1 aromatic heterocycles. The SMILES string of the molecule is COc1ccc(NC(=O)c2nc(SCc3cccc(C)c3)ncc2Cl)cc1Cl. The predicted octanol–water partition coefficient (Wildman–Crippen LogP) is 5.65. The van der Waals surface area contributed by atoms with Crippen LogP contribution in [0.15, 0.2) is 53.8 Å². The largest absolute Gasteiger partial charge is 0.495 e. The first-order valence-corrected chi connectivity index (χ1v) is 10.1. The second kappa shape index (κ2) is 9.28. The third-order valence-electron chi connectivity index (χ3n) is 3.80. The van der Waals surface area contributed by atoms with Gasteiger partial charge in [-0.05, 0) is 30.7 Å². The van der Waals surface area contributed by atoms with Crippen molar-refractivity contribution in [2.45, 2.75) is 17.8 Å². The van der Waals surface area contributed by atoms with Crippen molar-refractivity contribution in [2.75, 3.05) is 12.4 Å². The normalized spacial score (nSPS) is 10.6. The molecule has 3 aromatic rings. The van der Waals surface area contributed by atoms with Gasteiger partial charge >= 0.3 is 0 Å². The van der Waals surface area contributed by atoms with E-state index in [9.17, 15) is 4.79 Å². The number of benzene rings is 2. The Hall–Kier alpha value is -2.28. The summed E-state index contributed by atoms with van der Waals surface area (Å²) in [5.74, 6) is 0.777. The number of hydrogen-bond acceptors (Lipinski definition) is 5. The van der Waals surface area contributed by atoms with Gasteiger partial charge in [0.2, 0.25) is 0 Å². The number of amides is 1. The first kappa shape index (κ1) is 20.5. The molecular weight excluding hydrogens is 417 g/mol. The second-order valence-electron chi connectivity index (χ2n) is 5.93. The minimum Gasteiger partial charge on any atom is -0.495 e. The highest BCUT2D eigenvalue weighted by atomic mass is 35.5. The van der Waals surface area contributed by atoms with E-state index in [1.54, 1.807) is 18.2 Å². The van der Waals surface area contributed by atoms with Crippen molar-refractivity contribution in [1.29, 1.82) is 0 Å². The summed E-state index contributed by atoms with van der Waals surface area (Å²) in [7, 11) is 1.52. The number of carbonyl (C=O) groups excluding carboxylic acids is 1. The molecule has 28 heavy (non-hydrogen) atoms. The number of anilines is 1. The molecule has 0 atom stereocenters. The Morgan fingerprint density at radius 1 is 1.18 bits per heavy atom. The van der Waals surface area contributed by atoms with Crippen LogP contribution in [0.25, 0.3) is 0 Å². The summed E-state index contributed by atoms with van der Waals surface area (Å²) in [5, 5.41) is 3.78. The Balaban J connectivity index is 1.73. The van der Waals surface area contributed by atoms with Crippen molar-refractivity contribution in [3.05, 3.63) is 75.5 Å².